The molecule has 0 radical (unpaired) electrons. The maximum Gasteiger partial charge on any atom is 0.235 e. The minimum Gasteiger partial charge on any atom is -0.325 e. The maximum atomic E-state index is 13.1. The summed E-state index contributed by atoms with van der Waals surface area (Å²) in [4.78, 5) is 39.8. The second-order valence-electron chi connectivity index (χ2n) is 8.76. The highest BCUT2D eigenvalue weighted by molar-refractivity contribution is 6.05. The molecule has 2 fully saturated rings. The van der Waals surface area contributed by atoms with Crippen LogP contribution in [-0.4, -0.2) is 29.2 Å². The Hall–Kier alpha value is -2.69. The van der Waals surface area contributed by atoms with Crippen molar-refractivity contribution in [3.05, 3.63) is 42.5 Å². The van der Waals surface area contributed by atoms with Gasteiger partial charge in [0.1, 0.15) is 0 Å². The van der Waals surface area contributed by atoms with Crippen LogP contribution in [0.4, 0.5) is 5.69 Å². The van der Waals surface area contributed by atoms with Crippen LogP contribution in [0.1, 0.15) is 40.0 Å². The summed E-state index contributed by atoms with van der Waals surface area (Å²) in [7, 11) is 0. The Kier molecular flexibility index (Phi) is 4.29. The molecule has 28 heavy (non-hydrogen) atoms. The van der Waals surface area contributed by atoms with Crippen molar-refractivity contribution in [3.8, 4) is 0 Å². The molecule has 4 rings (SSSR count). The van der Waals surface area contributed by atoms with Crippen LogP contribution in [-0.2, 0) is 14.4 Å². The maximum absolute atomic E-state index is 13.1. The lowest BCUT2D eigenvalue weighted by Gasteiger charge is -2.47. The number of piperidine rings is 1. The molecule has 2 bridgehead atoms. The number of carbonyl (C=O) groups excluding carboxylic acids is 3. The van der Waals surface area contributed by atoms with E-state index in [0.717, 1.165) is 29.3 Å². The predicted molar refractivity (Wildman–Crippen MR) is 109 cm³/mol. The van der Waals surface area contributed by atoms with Crippen LogP contribution in [0.5, 0.6) is 0 Å². The number of likely N-dealkylation sites (tertiary alicyclic amines) is 1. The zero-order valence-electron chi connectivity index (χ0n) is 16.6. The zero-order valence-corrected chi connectivity index (χ0v) is 16.6. The van der Waals surface area contributed by atoms with Gasteiger partial charge in [0.05, 0.1) is 5.41 Å². The Labute approximate surface area is 165 Å². The van der Waals surface area contributed by atoms with Crippen LogP contribution in [0.25, 0.3) is 10.8 Å². The average Bonchev–Trinajstić information content (AvgIpc) is 2.85. The first-order valence-corrected chi connectivity index (χ1v) is 9.89. The van der Waals surface area contributed by atoms with Crippen LogP contribution in [0.2, 0.25) is 0 Å². The number of rotatable bonds is 4. The van der Waals surface area contributed by atoms with Crippen LogP contribution >= 0.6 is 0 Å². The van der Waals surface area contributed by atoms with E-state index in [1.807, 2.05) is 63.2 Å². The number of amides is 3. The summed E-state index contributed by atoms with van der Waals surface area (Å²) in [5.41, 5.74) is -0.117. The van der Waals surface area contributed by atoms with E-state index in [4.69, 9.17) is 0 Å². The number of fused-ring (bicyclic) bond motifs is 3. The monoisotopic (exact) mass is 378 g/mol. The molecule has 146 valence electrons. The van der Waals surface area contributed by atoms with E-state index in [0.29, 0.717) is 0 Å². The summed E-state index contributed by atoms with van der Waals surface area (Å²) in [6.45, 7) is 6.14. The second-order valence-corrected chi connectivity index (χ2v) is 8.76. The molecule has 0 aromatic heterocycles. The molecule has 3 amide bonds. The molecular formula is C23H26N2O3. The third-order valence-corrected chi connectivity index (χ3v) is 7.13. The Morgan fingerprint density at radius 3 is 2.61 bits per heavy atom. The smallest absolute Gasteiger partial charge is 0.235 e. The Morgan fingerprint density at radius 2 is 1.82 bits per heavy atom. The van der Waals surface area contributed by atoms with Crippen molar-refractivity contribution in [2.45, 2.75) is 40.0 Å². The van der Waals surface area contributed by atoms with Crippen molar-refractivity contribution in [3.63, 3.8) is 0 Å². The van der Waals surface area contributed by atoms with Gasteiger partial charge < -0.3 is 5.32 Å². The van der Waals surface area contributed by atoms with E-state index >= 15 is 0 Å². The van der Waals surface area contributed by atoms with Gasteiger partial charge in [-0.2, -0.15) is 0 Å². The van der Waals surface area contributed by atoms with Crippen LogP contribution in [0.3, 0.4) is 0 Å². The SMILES string of the molecule is CC12CCC(C(=O)N(CCC(=O)Nc3cccc4ccccc34)C1=O)C2(C)C. The standard InChI is InChI=1S/C23H26N2O3/c1-22(2)17-11-13-23(22,3)21(28)25(20(17)27)14-12-19(26)24-18-10-6-8-15-7-4-5-9-16(15)18/h4-10,17H,11-14H2,1-3H3,(H,24,26). The third kappa shape index (κ3) is 2.64. The average molecular weight is 378 g/mol. The molecule has 1 aliphatic heterocycles. The van der Waals surface area contributed by atoms with E-state index in [9.17, 15) is 14.4 Å². The molecule has 2 aromatic rings. The van der Waals surface area contributed by atoms with E-state index in [1.165, 1.54) is 4.90 Å². The number of nitrogens with one attached hydrogen (secondary N) is 1. The molecule has 1 saturated carbocycles. The first-order valence-electron chi connectivity index (χ1n) is 9.89. The molecule has 5 nitrogen and oxygen atoms in total. The highest BCUT2D eigenvalue weighted by atomic mass is 16.2. The first kappa shape index (κ1) is 18.7. The number of hydrogen-bond acceptors (Lipinski definition) is 3. The molecule has 1 aliphatic carbocycles. The lowest BCUT2D eigenvalue weighted by atomic mass is 9.62. The molecule has 0 spiro atoms. The molecule has 5 heteroatoms. The van der Waals surface area contributed by atoms with Gasteiger partial charge in [0.25, 0.3) is 0 Å². The van der Waals surface area contributed by atoms with Crippen molar-refractivity contribution in [2.24, 2.45) is 16.7 Å². The minimum atomic E-state index is -0.530. The fraction of sp³-hybridized carbons (Fsp3) is 0.435. The minimum absolute atomic E-state index is 0.101. The lowest BCUT2D eigenvalue weighted by Crippen LogP contribution is -2.59. The van der Waals surface area contributed by atoms with Crippen LogP contribution < -0.4 is 5.32 Å². The van der Waals surface area contributed by atoms with Gasteiger partial charge in [0, 0.05) is 30.0 Å². The van der Waals surface area contributed by atoms with Gasteiger partial charge in [-0.15, -0.1) is 0 Å². The number of carbonyl (C=O) groups is 3. The summed E-state index contributed by atoms with van der Waals surface area (Å²) in [5.74, 6) is -0.590. The molecule has 1 heterocycles. The summed E-state index contributed by atoms with van der Waals surface area (Å²) >= 11 is 0. The summed E-state index contributed by atoms with van der Waals surface area (Å²) in [5, 5.41) is 4.95. The van der Waals surface area contributed by atoms with Gasteiger partial charge in [-0.05, 0) is 29.7 Å². The summed E-state index contributed by atoms with van der Waals surface area (Å²) in [6.07, 6.45) is 1.57. The topological polar surface area (TPSA) is 66.5 Å². The van der Waals surface area contributed by atoms with Crippen molar-refractivity contribution >= 4 is 34.2 Å². The van der Waals surface area contributed by atoms with Gasteiger partial charge in [-0.1, -0.05) is 57.2 Å². The van der Waals surface area contributed by atoms with E-state index < -0.39 is 5.41 Å². The molecule has 2 atom stereocenters. The number of benzene rings is 2. The second kappa shape index (κ2) is 6.43. The molecule has 2 unspecified atom stereocenters. The zero-order chi connectivity index (χ0) is 20.1. The highest BCUT2D eigenvalue weighted by Crippen LogP contribution is 2.60. The Balaban J connectivity index is 1.47. The van der Waals surface area contributed by atoms with Gasteiger partial charge in [-0.25, -0.2) is 0 Å². The summed E-state index contributed by atoms with van der Waals surface area (Å²) < 4.78 is 0. The van der Waals surface area contributed by atoms with E-state index in [-0.39, 0.29) is 42.0 Å². The number of anilines is 1. The lowest BCUT2D eigenvalue weighted by molar-refractivity contribution is -0.167. The van der Waals surface area contributed by atoms with E-state index in [2.05, 4.69) is 5.32 Å². The molecule has 1 N–H and O–H groups in total. The van der Waals surface area contributed by atoms with Crippen molar-refractivity contribution in [2.75, 3.05) is 11.9 Å². The predicted octanol–water partition coefficient (Wildman–Crippen LogP) is 3.98. The fourth-order valence-corrected chi connectivity index (χ4v) is 4.87. The normalized spacial score (nSPS) is 26.0. The first-order chi connectivity index (χ1) is 13.3. The van der Waals surface area contributed by atoms with Crippen molar-refractivity contribution in [1.82, 2.24) is 4.90 Å². The molecular weight excluding hydrogens is 352 g/mol. The van der Waals surface area contributed by atoms with Crippen molar-refractivity contribution < 1.29 is 14.4 Å². The molecule has 2 aliphatic rings. The highest BCUT2D eigenvalue weighted by Gasteiger charge is 2.64. The van der Waals surface area contributed by atoms with Crippen LogP contribution in [0, 0.1) is 16.7 Å². The van der Waals surface area contributed by atoms with E-state index in [1.54, 1.807) is 0 Å². The number of hydrogen-bond donors (Lipinski definition) is 1. The largest absolute Gasteiger partial charge is 0.325 e. The number of nitrogens with zero attached hydrogens (tertiary/aromatic N) is 1. The van der Waals surface area contributed by atoms with Gasteiger partial charge >= 0.3 is 0 Å². The summed E-state index contributed by atoms with van der Waals surface area (Å²) in [6, 6.07) is 13.6. The quantitative estimate of drug-likeness (QED) is 0.819. The number of imide groups is 1. The fourth-order valence-electron chi connectivity index (χ4n) is 4.87. The van der Waals surface area contributed by atoms with Gasteiger partial charge in [0.2, 0.25) is 17.7 Å². The third-order valence-electron chi connectivity index (χ3n) is 7.13. The molecule has 1 saturated heterocycles. The van der Waals surface area contributed by atoms with Crippen LogP contribution in [0.15, 0.2) is 42.5 Å². The Bertz CT molecular complexity index is 975. The molecule has 2 aromatic carbocycles. The van der Waals surface area contributed by atoms with Gasteiger partial charge in [0.15, 0.2) is 0 Å². The Morgan fingerprint density at radius 1 is 1.11 bits per heavy atom. The van der Waals surface area contributed by atoms with Crippen molar-refractivity contribution in [1.29, 1.82) is 0 Å². The van der Waals surface area contributed by atoms with Gasteiger partial charge in [-0.3, -0.25) is 19.3 Å².